The van der Waals surface area contributed by atoms with E-state index in [2.05, 4.69) is 40.3 Å². The van der Waals surface area contributed by atoms with Crippen LogP contribution in [0.25, 0.3) is 22.2 Å². The summed E-state index contributed by atoms with van der Waals surface area (Å²) in [5.74, 6) is 0.393. The van der Waals surface area contributed by atoms with Crippen LogP contribution in [0.2, 0.25) is 0 Å². The van der Waals surface area contributed by atoms with Gasteiger partial charge in [0.15, 0.2) is 5.82 Å². The molecule has 3 aromatic rings. The predicted molar refractivity (Wildman–Crippen MR) is 95.4 cm³/mol. The topological polar surface area (TPSA) is 84.7 Å². The fourth-order valence-electron chi connectivity index (χ4n) is 2.90. The summed E-state index contributed by atoms with van der Waals surface area (Å²) >= 11 is 0. The van der Waals surface area contributed by atoms with Gasteiger partial charge in [-0.05, 0) is 23.3 Å². The lowest BCUT2D eigenvalue weighted by Gasteiger charge is -2.09. The van der Waals surface area contributed by atoms with Gasteiger partial charge in [-0.2, -0.15) is 5.10 Å². The van der Waals surface area contributed by atoms with Gasteiger partial charge in [-0.1, -0.05) is 62.6 Å². The Balaban J connectivity index is 1.86. The van der Waals surface area contributed by atoms with Crippen LogP contribution in [-0.4, -0.2) is 21.1 Å². The van der Waals surface area contributed by atoms with Crippen molar-refractivity contribution in [2.24, 2.45) is 5.73 Å². The molecule has 0 bridgehead atoms. The summed E-state index contributed by atoms with van der Waals surface area (Å²) in [5.41, 5.74) is 6.47. The number of carbonyl (C=O) groups excluding carboxylic acids is 1. The van der Waals surface area contributed by atoms with E-state index in [1.54, 1.807) is 0 Å². The Hall–Kier alpha value is -2.69. The summed E-state index contributed by atoms with van der Waals surface area (Å²) in [5, 5.41) is 9.49. The Morgan fingerprint density at radius 2 is 1.96 bits per heavy atom. The first kappa shape index (κ1) is 16.2. The number of nitrogens with two attached hydrogens (primary N) is 1. The molecule has 0 saturated heterocycles. The Morgan fingerprint density at radius 1 is 1.17 bits per heavy atom. The fourth-order valence-corrected chi connectivity index (χ4v) is 2.90. The Kier molecular flexibility index (Phi) is 4.89. The lowest BCUT2D eigenvalue weighted by molar-refractivity contribution is -0.119. The van der Waals surface area contributed by atoms with Gasteiger partial charge >= 0.3 is 0 Å². The number of fused-ring (bicyclic) bond motifs is 1. The highest BCUT2D eigenvalue weighted by Crippen LogP contribution is 2.24. The molecule has 0 aliphatic heterocycles. The standard InChI is InChI=1S/C19H22N4O/c1-2-3-4-9-16(17(20)24)19-21-18(22-23-19)15-11-10-13-7-5-6-8-14(13)12-15/h5-8,10-12,16H,2-4,9H2,1H3,(H2,20,24)(H,21,22,23). The molecule has 0 aliphatic rings. The van der Waals surface area contributed by atoms with Crippen molar-refractivity contribution in [1.29, 1.82) is 0 Å². The van der Waals surface area contributed by atoms with Gasteiger partial charge in [0.1, 0.15) is 5.82 Å². The Bertz CT molecular complexity index is 840. The minimum Gasteiger partial charge on any atom is -0.369 e. The number of amides is 1. The predicted octanol–water partition coefficient (Wildman–Crippen LogP) is 3.77. The number of nitrogens with one attached hydrogen (secondary N) is 1. The van der Waals surface area contributed by atoms with Crippen LogP contribution in [0.5, 0.6) is 0 Å². The van der Waals surface area contributed by atoms with E-state index in [9.17, 15) is 4.79 Å². The average Bonchev–Trinajstić information content (AvgIpc) is 3.07. The van der Waals surface area contributed by atoms with Crippen LogP contribution in [0.15, 0.2) is 42.5 Å². The molecule has 3 N–H and O–H groups in total. The zero-order chi connectivity index (χ0) is 16.9. The molecule has 1 unspecified atom stereocenters. The van der Waals surface area contributed by atoms with Crippen molar-refractivity contribution >= 4 is 16.7 Å². The normalized spacial score (nSPS) is 12.4. The van der Waals surface area contributed by atoms with Gasteiger partial charge in [0.25, 0.3) is 0 Å². The lowest BCUT2D eigenvalue weighted by atomic mass is 10.00. The molecule has 24 heavy (non-hydrogen) atoms. The zero-order valence-corrected chi connectivity index (χ0v) is 13.8. The molecule has 5 heteroatoms. The Morgan fingerprint density at radius 3 is 2.71 bits per heavy atom. The monoisotopic (exact) mass is 322 g/mol. The molecule has 1 heterocycles. The first-order valence-electron chi connectivity index (χ1n) is 8.40. The summed E-state index contributed by atoms with van der Waals surface area (Å²) in [7, 11) is 0. The maximum Gasteiger partial charge on any atom is 0.228 e. The van der Waals surface area contributed by atoms with Crippen molar-refractivity contribution in [3.63, 3.8) is 0 Å². The van der Waals surface area contributed by atoms with Crippen LogP contribution >= 0.6 is 0 Å². The van der Waals surface area contributed by atoms with E-state index in [-0.39, 0.29) is 5.91 Å². The molecule has 1 amide bonds. The van der Waals surface area contributed by atoms with Crippen LogP contribution in [0.1, 0.15) is 44.3 Å². The van der Waals surface area contributed by atoms with E-state index in [4.69, 9.17) is 5.73 Å². The molecule has 0 aliphatic carbocycles. The number of rotatable bonds is 7. The van der Waals surface area contributed by atoms with Crippen LogP contribution in [-0.2, 0) is 4.79 Å². The third-order valence-electron chi connectivity index (χ3n) is 4.28. The fraction of sp³-hybridized carbons (Fsp3) is 0.316. The molecule has 3 rings (SSSR count). The number of carbonyl (C=O) groups is 1. The number of H-pyrrole nitrogens is 1. The molecule has 1 aromatic heterocycles. The summed E-state index contributed by atoms with van der Waals surface area (Å²) in [6.45, 7) is 2.13. The van der Waals surface area contributed by atoms with Gasteiger partial charge in [-0.3, -0.25) is 9.89 Å². The number of nitrogens with zero attached hydrogens (tertiary/aromatic N) is 2. The Labute approximate surface area is 141 Å². The third kappa shape index (κ3) is 3.45. The second kappa shape index (κ2) is 7.25. The molecule has 0 spiro atoms. The highest BCUT2D eigenvalue weighted by Gasteiger charge is 2.21. The molecule has 5 nitrogen and oxygen atoms in total. The number of primary amides is 1. The number of aromatic nitrogens is 3. The number of unbranched alkanes of at least 4 members (excludes halogenated alkanes) is 2. The van der Waals surface area contributed by atoms with Gasteiger partial charge < -0.3 is 5.73 Å². The maximum absolute atomic E-state index is 11.7. The van der Waals surface area contributed by atoms with Crippen LogP contribution in [0, 0.1) is 0 Å². The summed E-state index contributed by atoms with van der Waals surface area (Å²) in [4.78, 5) is 16.3. The summed E-state index contributed by atoms with van der Waals surface area (Å²) in [6, 6.07) is 14.2. The zero-order valence-electron chi connectivity index (χ0n) is 13.8. The number of hydrogen-bond donors (Lipinski definition) is 2. The summed E-state index contributed by atoms with van der Waals surface area (Å²) in [6.07, 6.45) is 3.84. The van der Waals surface area contributed by atoms with Crippen LogP contribution in [0.3, 0.4) is 0 Å². The molecule has 0 fully saturated rings. The van der Waals surface area contributed by atoms with E-state index < -0.39 is 5.92 Å². The smallest absolute Gasteiger partial charge is 0.228 e. The van der Waals surface area contributed by atoms with Crippen molar-refractivity contribution in [3.05, 3.63) is 48.3 Å². The average molecular weight is 322 g/mol. The molecule has 2 aromatic carbocycles. The molecular weight excluding hydrogens is 300 g/mol. The van der Waals surface area contributed by atoms with Crippen LogP contribution < -0.4 is 5.73 Å². The minimum atomic E-state index is -0.404. The maximum atomic E-state index is 11.7. The summed E-state index contributed by atoms with van der Waals surface area (Å²) < 4.78 is 0. The lowest BCUT2D eigenvalue weighted by Crippen LogP contribution is -2.22. The molecule has 1 atom stereocenters. The van der Waals surface area contributed by atoms with Crippen molar-refractivity contribution < 1.29 is 4.79 Å². The van der Waals surface area contributed by atoms with Crippen molar-refractivity contribution in [3.8, 4) is 11.4 Å². The quantitative estimate of drug-likeness (QED) is 0.649. The SMILES string of the molecule is CCCCCC(C(N)=O)c1nc(-c2ccc3ccccc3c2)n[nH]1. The number of benzene rings is 2. The van der Waals surface area contributed by atoms with Gasteiger partial charge in [0.2, 0.25) is 5.91 Å². The minimum absolute atomic E-state index is 0.354. The van der Waals surface area contributed by atoms with E-state index >= 15 is 0 Å². The van der Waals surface area contributed by atoms with Crippen molar-refractivity contribution in [2.75, 3.05) is 0 Å². The second-order valence-electron chi connectivity index (χ2n) is 6.06. The van der Waals surface area contributed by atoms with Gasteiger partial charge in [-0.15, -0.1) is 0 Å². The number of aromatic amines is 1. The van der Waals surface area contributed by atoms with E-state index in [0.717, 1.165) is 30.2 Å². The third-order valence-corrected chi connectivity index (χ3v) is 4.28. The van der Waals surface area contributed by atoms with Gasteiger partial charge in [0, 0.05) is 5.56 Å². The van der Waals surface area contributed by atoms with E-state index in [0.29, 0.717) is 18.1 Å². The highest BCUT2D eigenvalue weighted by molar-refractivity contribution is 5.86. The van der Waals surface area contributed by atoms with E-state index in [1.807, 2.05) is 24.3 Å². The van der Waals surface area contributed by atoms with Crippen molar-refractivity contribution in [1.82, 2.24) is 15.2 Å². The first-order valence-corrected chi connectivity index (χ1v) is 8.40. The molecule has 0 radical (unpaired) electrons. The first-order chi connectivity index (χ1) is 11.7. The second-order valence-corrected chi connectivity index (χ2v) is 6.06. The molecule has 124 valence electrons. The largest absolute Gasteiger partial charge is 0.369 e. The highest BCUT2D eigenvalue weighted by atomic mass is 16.1. The molecular formula is C19H22N4O. The number of hydrogen-bond acceptors (Lipinski definition) is 3. The van der Waals surface area contributed by atoms with Gasteiger partial charge in [0.05, 0.1) is 5.92 Å². The van der Waals surface area contributed by atoms with Gasteiger partial charge in [-0.25, -0.2) is 4.98 Å². The van der Waals surface area contributed by atoms with Crippen LogP contribution in [0.4, 0.5) is 0 Å². The van der Waals surface area contributed by atoms with Crippen molar-refractivity contribution in [2.45, 2.75) is 38.5 Å². The van der Waals surface area contributed by atoms with E-state index in [1.165, 1.54) is 5.39 Å². The molecule has 0 saturated carbocycles.